The van der Waals surface area contributed by atoms with Crippen LogP contribution >= 0.6 is 34.8 Å². The molecule has 0 bridgehead atoms. The summed E-state index contributed by atoms with van der Waals surface area (Å²) in [5.41, 5.74) is -2.60. The van der Waals surface area contributed by atoms with Crippen LogP contribution in [0.1, 0.15) is 57.1 Å². The van der Waals surface area contributed by atoms with E-state index in [2.05, 4.69) is 5.10 Å². The summed E-state index contributed by atoms with van der Waals surface area (Å²) in [4.78, 5) is 49.5. The molecule has 0 aliphatic heterocycles. The van der Waals surface area contributed by atoms with Gasteiger partial charge in [-0.05, 0) is 76.2 Å². The third kappa shape index (κ3) is 9.24. The lowest BCUT2D eigenvalue weighted by molar-refractivity contribution is -0.144. The van der Waals surface area contributed by atoms with Gasteiger partial charge in [0.1, 0.15) is 16.2 Å². The molecular formula is C35H30Cl3F3N4O8S. The number of alkyl halides is 3. The van der Waals surface area contributed by atoms with Gasteiger partial charge in [0.25, 0.3) is 5.56 Å². The smallest absolute Gasteiger partial charge is 0.431 e. The molecule has 0 aliphatic carbocycles. The van der Waals surface area contributed by atoms with E-state index in [-0.39, 0.29) is 43.2 Å². The Morgan fingerprint density at radius 3 is 2.06 bits per heavy atom. The Kier molecular flexibility index (Phi) is 12.6. The lowest BCUT2D eigenvalue weighted by Gasteiger charge is -2.15. The minimum Gasteiger partial charge on any atom is -0.459 e. The Morgan fingerprint density at radius 2 is 1.48 bits per heavy atom. The molecule has 2 aromatic heterocycles. The van der Waals surface area contributed by atoms with E-state index in [0.717, 1.165) is 18.7 Å². The highest BCUT2D eigenvalue weighted by Gasteiger charge is 2.35. The van der Waals surface area contributed by atoms with Crippen LogP contribution in [0.4, 0.5) is 13.2 Å². The third-order valence-corrected chi connectivity index (χ3v) is 9.56. The van der Waals surface area contributed by atoms with E-state index in [9.17, 15) is 40.8 Å². The summed E-state index contributed by atoms with van der Waals surface area (Å²) >= 11 is 18.0. The molecule has 5 aromatic rings. The maximum absolute atomic E-state index is 13.0. The van der Waals surface area contributed by atoms with Gasteiger partial charge in [-0.2, -0.15) is 26.7 Å². The minimum absolute atomic E-state index is 0.0104. The number of esters is 1. The van der Waals surface area contributed by atoms with Gasteiger partial charge in [-0.3, -0.25) is 14.2 Å². The molecule has 5 rings (SSSR count). The van der Waals surface area contributed by atoms with Crippen LogP contribution in [-0.2, 0) is 35.1 Å². The van der Waals surface area contributed by atoms with Gasteiger partial charge in [0.15, 0.2) is 0 Å². The Hall–Kier alpha value is -4.90. The van der Waals surface area contributed by atoms with Crippen molar-refractivity contribution in [3.63, 3.8) is 0 Å². The molecule has 0 radical (unpaired) electrons. The van der Waals surface area contributed by atoms with Gasteiger partial charge < -0.3 is 8.92 Å². The maximum atomic E-state index is 13.0. The van der Waals surface area contributed by atoms with Gasteiger partial charge in [0.05, 0.1) is 33.1 Å². The average Bonchev–Trinajstić information content (AvgIpc) is 3.33. The summed E-state index contributed by atoms with van der Waals surface area (Å²) in [7, 11) is -1.77. The number of carbonyl (C=O) groups excluding carboxylic acids is 2. The predicted octanol–water partition coefficient (Wildman–Crippen LogP) is 7.12. The van der Waals surface area contributed by atoms with Gasteiger partial charge in [-0.25, -0.2) is 18.8 Å². The second-order valence-corrected chi connectivity index (χ2v) is 14.7. The van der Waals surface area contributed by atoms with Crippen LogP contribution in [0.2, 0.25) is 15.1 Å². The van der Waals surface area contributed by atoms with Crippen LogP contribution in [0.5, 0.6) is 5.88 Å². The number of aryl methyl sites for hydroxylation is 3. The molecule has 12 nitrogen and oxygen atoms in total. The van der Waals surface area contributed by atoms with Crippen LogP contribution in [-0.4, -0.2) is 45.2 Å². The van der Waals surface area contributed by atoms with Gasteiger partial charge in [0.2, 0.25) is 11.7 Å². The van der Waals surface area contributed by atoms with Crippen molar-refractivity contribution in [3.8, 4) is 11.6 Å². The van der Waals surface area contributed by atoms with Crippen molar-refractivity contribution in [1.29, 1.82) is 0 Å². The standard InChI is InChI=1S/C19H16Cl2N2O4S.C16H14ClF3N2O4/c1-11-4-7-14(8-5-11)28(25,26)27-19-17(12(2)22-23(19)3)18(24)15-9-6-13(20)10-16(15)21;1-8(2)26-14(24)10-6-9(4-5-11(10)17)22-13(23)7-12(16(18,19)20)21(3)15(22)25/h4-10H,1-3H3;4-8H,1-3H3. The molecule has 0 unspecified atom stereocenters. The Labute approximate surface area is 321 Å². The molecule has 0 spiro atoms. The summed E-state index contributed by atoms with van der Waals surface area (Å²) in [5.74, 6) is -1.49. The first-order valence-corrected chi connectivity index (χ1v) is 18.0. The summed E-state index contributed by atoms with van der Waals surface area (Å²) in [5, 5.41) is 4.67. The number of aromatic nitrogens is 4. The highest BCUT2D eigenvalue weighted by molar-refractivity contribution is 7.87. The average molecular weight is 830 g/mol. The normalized spacial score (nSPS) is 11.6. The molecule has 0 aliphatic rings. The monoisotopic (exact) mass is 828 g/mol. The predicted molar refractivity (Wildman–Crippen MR) is 195 cm³/mol. The topological polar surface area (TPSA) is 149 Å². The third-order valence-electron chi connectivity index (χ3n) is 7.45. The molecule has 19 heteroatoms. The molecule has 0 N–H and O–H groups in total. The molecule has 0 saturated carbocycles. The molecule has 0 saturated heterocycles. The van der Waals surface area contributed by atoms with Crippen molar-refractivity contribution in [2.24, 2.45) is 14.1 Å². The number of rotatable bonds is 8. The molecule has 54 heavy (non-hydrogen) atoms. The second kappa shape index (κ2) is 16.2. The number of carbonyl (C=O) groups is 2. The number of ether oxygens (including phenoxy) is 1. The molecule has 286 valence electrons. The van der Waals surface area contributed by atoms with Crippen molar-refractivity contribution < 1.29 is 40.1 Å². The molecule has 3 aromatic carbocycles. The van der Waals surface area contributed by atoms with Crippen molar-refractivity contribution in [2.75, 3.05) is 0 Å². The number of hydrogen-bond donors (Lipinski definition) is 0. The van der Waals surface area contributed by atoms with E-state index < -0.39 is 51.1 Å². The van der Waals surface area contributed by atoms with Crippen LogP contribution < -0.4 is 15.4 Å². The highest BCUT2D eigenvalue weighted by Crippen LogP contribution is 2.31. The summed E-state index contributed by atoms with van der Waals surface area (Å²) in [6, 6.07) is 14.5. The van der Waals surface area contributed by atoms with E-state index in [1.807, 2.05) is 6.92 Å². The summed E-state index contributed by atoms with van der Waals surface area (Å²) < 4.78 is 76.4. The lowest BCUT2D eigenvalue weighted by Crippen LogP contribution is -2.40. The zero-order chi connectivity index (χ0) is 40.4. The molecular weight excluding hydrogens is 800 g/mol. The molecule has 2 heterocycles. The SMILES string of the molecule is CC(C)OC(=O)c1cc(-n2c(=O)cc(C(F)(F)F)n(C)c2=O)ccc1Cl.Cc1ccc(S(=O)(=O)Oc2c(C(=O)c3ccc(Cl)cc3Cl)c(C)nn2C)cc1. The van der Waals surface area contributed by atoms with Crippen LogP contribution in [0.25, 0.3) is 5.69 Å². The van der Waals surface area contributed by atoms with Gasteiger partial charge in [-0.1, -0.05) is 52.5 Å². The number of halogens is 6. The van der Waals surface area contributed by atoms with Crippen molar-refractivity contribution in [1.82, 2.24) is 18.9 Å². The summed E-state index contributed by atoms with van der Waals surface area (Å²) in [6.45, 7) is 6.66. The maximum Gasteiger partial charge on any atom is 0.431 e. The first-order valence-electron chi connectivity index (χ1n) is 15.5. The highest BCUT2D eigenvalue weighted by atomic mass is 35.5. The number of benzene rings is 3. The fourth-order valence-electron chi connectivity index (χ4n) is 4.88. The van der Waals surface area contributed by atoms with Crippen molar-refractivity contribution >= 4 is 56.7 Å². The van der Waals surface area contributed by atoms with Gasteiger partial charge >= 0.3 is 28.0 Å². The fraction of sp³-hybridized carbons (Fsp3) is 0.229. The zero-order valence-electron chi connectivity index (χ0n) is 29.2. The van der Waals surface area contributed by atoms with E-state index in [4.69, 9.17) is 43.7 Å². The quantitative estimate of drug-likeness (QED) is 0.0906. The number of nitrogens with zero attached hydrogens (tertiary/aromatic N) is 4. The van der Waals surface area contributed by atoms with E-state index >= 15 is 0 Å². The Balaban J connectivity index is 0.000000241. The first kappa shape index (κ1) is 41.9. The second-order valence-electron chi connectivity index (χ2n) is 11.9. The molecule has 0 fully saturated rings. The van der Waals surface area contributed by atoms with Crippen molar-refractivity contribution in [2.45, 2.75) is 44.9 Å². The Morgan fingerprint density at radius 1 is 0.852 bits per heavy atom. The minimum atomic E-state index is -4.86. The first-order chi connectivity index (χ1) is 25.0. The van der Waals surface area contributed by atoms with Crippen LogP contribution in [0.3, 0.4) is 0 Å². The molecule has 0 atom stereocenters. The van der Waals surface area contributed by atoms with Gasteiger partial charge in [0, 0.05) is 30.7 Å². The van der Waals surface area contributed by atoms with E-state index in [1.54, 1.807) is 32.9 Å². The zero-order valence-corrected chi connectivity index (χ0v) is 32.2. The lowest BCUT2D eigenvalue weighted by atomic mass is 10.0. The van der Waals surface area contributed by atoms with Crippen LogP contribution in [0, 0.1) is 13.8 Å². The van der Waals surface area contributed by atoms with Gasteiger partial charge in [-0.15, -0.1) is 0 Å². The Bertz CT molecular complexity index is 2500. The van der Waals surface area contributed by atoms with Crippen LogP contribution in [0.15, 0.2) is 81.2 Å². The number of ketones is 1. The largest absolute Gasteiger partial charge is 0.459 e. The van der Waals surface area contributed by atoms with E-state index in [1.165, 1.54) is 54.2 Å². The summed E-state index contributed by atoms with van der Waals surface area (Å²) in [6.07, 6.45) is -5.30. The van der Waals surface area contributed by atoms with Crippen molar-refractivity contribution in [3.05, 3.63) is 136 Å². The fourth-order valence-corrected chi connectivity index (χ4v) is 6.53. The van der Waals surface area contributed by atoms with E-state index in [0.29, 0.717) is 25.9 Å². The molecule has 0 amide bonds. The number of hydrogen-bond acceptors (Lipinski definition) is 9.